The highest BCUT2D eigenvalue weighted by Crippen LogP contribution is 2.22. The number of ether oxygens (including phenoxy) is 1. The summed E-state index contributed by atoms with van der Waals surface area (Å²) < 4.78 is 4.94. The quantitative estimate of drug-likeness (QED) is 0.659. The number of aliphatic carboxylic acids is 2. The molecule has 132 valence electrons. The number of carboxylic acids is 2. The standard InChI is InChI=1S/C16H20ClNO6/c1-3-16(2,14(21)22)24-15(23)18-9-11(8-13(19)20)10-4-6-12(17)7-5-10/h4-7,11H,3,8-9H2,1-2H3,(H,18,23)(H,19,20)(H,21,22). The Kier molecular flexibility index (Phi) is 7.03. The van der Waals surface area contributed by atoms with Crippen LogP contribution in [0.4, 0.5) is 4.79 Å². The lowest BCUT2D eigenvalue weighted by molar-refractivity contribution is -0.157. The van der Waals surface area contributed by atoms with Gasteiger partial charge in [0.15, 0.2) is 0 Å². The number of hydrogen-bond donors (Lipinski definition) is 3. The van der Waals surface area contributed by atoms with Crippen molar-refractivity contribution in [1.82, 2.24) is 5.32 Å². The van der Waals surface area contributed by atoms with E-state index >= 15 is 0 Å². The molecule has 0 aliphatic carbocycles. The minimum Gasteiger partial charge on any atom is -0.481 e. The molecular weight excluding hydrogens is 338 g/mol. The molecule has 8 heteroatoms. The Bertz CT molecular complexity index is 603. The Morgan fingerprint density at radius 3 is 2.29 bits per heavy atom. The predicted molar refractivity (Wildman–Crippen MR) is 87.3 cm³/mol. The van der Waals surface area contributed by atoms with Crippen LogP contribution in [-0.4, -0.2) is 40.4 Å². The van der Waals surface area contributed by atoms with E-state index in [2.05, 4.69) is 5.32 Å². The lowest BCUT2D eigenvalue weighted by Gasteiger charge is -2.24. The van der Waals surface area contributed by atoms with Crippen molar-refractivity contribution in [2.24, 2.45) is 0 Å². The first-order valence-electron chi connectivity index (χ1n) is 7.35. The van der Waals surface area contributed by atoms with Crippen molar-refractivity contribution in [1.29, 1.82) is 0 Å². The van der Waals surface area contributed by atoms with Crippen molar-refractivity contribution in [2.45, 2.75) is 38.2 Å². The minimum absolute atomic E-state index is 0.00776. The molecule has 24 heavy (non-hydrogen) atoms. The zero-order valence-corrected chi connectivity index (χ0v) is 14.2. The van der Waals surface area contributed by atoms with E-state index in [0.29, 0.717) is 10.6 Å². The van der Waals surface area contributed by atoms with Gasteiger partial charge in [-0.2, -0.15) is 0 Å². The summed E-state index contributed by atoms with van der Waals surface area (Å²) in [6.07, 6.45) is -1.01. The zero-order chi connectivity index (χ0) is 18.3. The predicted octanol–water partition coefficient (Wildman–Crippen LogP) is 2.88. The van der Waals surface area contributed by atoms with E-state index < -0.39 is 29.6 Å². The smallest absolute Gasteiger partial charge is 0.408 e. The number of hydrogen-bond acceptors (Lipinski definition) is 4. The van der Waals surface area contributed by atoms with Gasteiger partial charge in [0.2, 0.25) is 5.60 Å². The molecule has 0 heterocycles. The molecule has 2 unspecified atom stereocenters. The maximum atomic E-state index is 11.8. The molecule has 7 nitrogen and oxygen atoms in total. The Balaban J connectivity index is 2.74. The molecule has 1 amide bonds. The van der Waals surface area contributed by atoms with Crippen molar-refractivity contribution < 1.29 is 29.3 Å². The third-order valence-electron chi connectivity index (χ3n) is 3.70. The van der Waals surface area contributed by atoms with Gasteiger partial charge < -0.3 is 20.3 Å². The first kappa shape index (κ1) is 19.8. The minimum atomic E-state index is -1.63. The summed E-state index contributed by atoms with van der Waals surface area (Å²) in [4.78, 5) is 34.0. The van der Waals surface area contributed by atoms with Crippen molar-refractivity contribution in [2.75, 3.05) is 6.54 Å². The Labute approximate surface area is 144 Å². The highest BCUT2D eigenvalue weighted by Gasteiger charge is 2.35. The molecule has 0 saturated heterocycles. The number of carbonyl (C=O) groups excluding carboxylic acids is 1. The van der Waals surface area contributed by atoms with Gasteiger partial charge in [-0.05, 0) is 31.0 Å². The number of rotatable bonds is 8. The lowest BCUT2D eigenvalue weighted by atomic mass is 9.96. The third-order valence-corrected chi connectivity index (χ3v) is 3.95. The maximum absolute atomic E-state index is 11.8. The van der Waals surface area contributed by atoms with Gasteiger partial charge in [0.05, 0.1) is 6.42 Å². The van der Waals surface area contributed by atoms with Gasteiger partial charge in [-0.15, -0.1) is 0 Å². The fraction of sp³-hybridized carbons (Fsp3) is 0.438. The van der Waals surface area contributed by atoms with Gasteiger partial charge in [-0.1, -0.05) is 30.7 Å². The van der Waals surface area contributed by atoms with Gasteiger partial charge in [0.1, 0.15) is 0 Å². The number of nitrogens with one attached hydrogen (secondary N) is 1. The van der Waals surface area contributed by atoms with Gasteiger partial charge >= 0.3 is 18.0 Å². The van der Waals surface area contributed by atoms with Gasteiger partial charge in [0.25, 0.3) is 0 Å². The zero-order valence-electron chi connectivity index (χ0n) is 13.4. The molecule has 3 N–H and O–H groups in total. The highest BCUT2D eigenvalue weighted by molar-refractivity contribution is 6.30. The molecule has 0 fully saturated rings. The fourth-order valence-electron chi connectivity index (χ4n) is 1.97. The van der Waals surface area contributed by atoms with Crippen LogP contribution < -0.4 is 5.32 Å². The molecule has 0 aliphatic heterocycles. The molecule has 1 rings (SSSR count). The van der Waals surface area contributed by atoms with Crippen LogP contribution in [0.15, 0.2) is 24.3 Å². The van der Waals surface area contributed by atoms with E-state index in [1.807, 2.05) is 0 Å². The monoisotopic (exact) mass is 357 g/mol. The molecule has 0 bridgehead atoms. The van der Waals surface area contributed by atoms with Crippen LogP contribution in [0.25, 0.3) is 0 Å². The van der Waals surface area contributed by atoms with E-state index in [1.165, 1.54) is 6.92 Å². The van der Waals surface area contributed by atoms with E-state index in [1.54, 1.807) is 31.2 Å². The van der Waals surface area contributed by atoms with Crippen molar-refractivity contribution >= 4 is 29.6 Å². The van der Waals surface area contributed by atoms with E-state index in [0.717, 1.165) is 0 Å². The van der Waals surface area contributed by atoms with Crippen LogP contribution in [0.3, 0.4) is 0 Å². The molecule has 1 aromatic rings. The summed E-state index contributed by atoms with van der Waals surface area (Å²) in [5.74, 6) is -2.76. The largest absolute Gasteiger partial charge is 0.481 e. The van der Waals surface area contributed by atoms with Crippen LogP contribution >= 0.6 is 11.6 Å². The summed E-state index contributed by atoms with van der Waals surface area (Å²) in [5.41, 5.74) is -0.939. The van der Waals surface area contributed by atoms with Gasteiger partial charge in [-0.25, -0.2) is 9.59 Å². The average Bonchev–Trinajstić information content (AvgIpc) is 2.51. The third kappa shape index (κ3) is 5.73. The van der Waals surface area contributed by atoms with E-state index in [9.17, 15) is 14.4 Å². The molecule has 1 aromatic carbocycles. The second kappa shape index (κ2) is 8.54. The number of carbonyl (C=O) groups is 3. The lowest BCUT2D eigenvalue weighted by Crippen LogP contribution is -2.43. The van der Waals surface area contributed by atoms with Crippen LogP contribution in [0.1, 0.15) is 38.2 Å². The number of alkyl carbamates (subject to hydrolysis) is 1. The first-order valence-corrected chi connectivity index (χ1v) is 7.73. The van der Waals surface area contributed by atoms with Crippen LogP contribution in [0, 0.1) is 0 Å². The Morgan fingerprint density at radius 2 is 1.83 bits per heavy atom. The second-order valence-corrected chi connectivity index (χ2v) is 5.94. The van der Waals surface area contributed by atoms with E-state index in [4.69, 9.17) is 26.6 Å². The number of halogens is 1. The normalized spacial score (nSPS) is 14.3. The van der Waals surface area contributed by atoms with Crippen molar-refractivity contribution in [3.63, 3.8) is 0 Å². The Hall–Kier alpha value is -2.28. The summed E-state index contributed by atoms with van der Waals surface area (Å²) in [6.45, 7) is 2.87. The van der Waals surface area contributed by atoms with E-state index in [-0.39, 0.29) is 19.4 Å². The second-order valence-electron chi connectivity index (χ2n) is 5.51. The number of benzene rings is 1. The van der Waals surface area contributed by atoms with Crippen LogP contribution in [-0.2, 0) is 14.3 Å². The Morgan fingerprint density at radius 1 is 1.25 bits per heavy atom. The van der Waals surface area contributed by atoms with Crippen molar-refractivity contribution in [3.05, 3.63) is 34.9 Å². The number of carboxylic acid groups (broad SMARTS) is 2. The van der Waals surface area contributed by atoms with Gasteiger partial charge in [-0.3, -0.25) is 4.79 Å². The summed E-state index contributed by atoms with van der Waals surface area (Å²) in [5, 5.41) is 21.0. The SMILES string of the molecule is CCC(C)(OC(=O)NCC(CC(=O)O)c1ccc(Cl)cc1)C(=O)O. The first-order chi connectivity index (χ1) is 11.2. The summed E-state index contributed by atoms with van der Waals surface area (Å²) >= 11 is 5.81. The fourth-order valence-corrected chi connectivity index (χ4v) is 2.09. The molecular formula is C16H20ClNO6. The summed E-state index contributed by atoms with van der Waals surface area (Å²) in [7, 11) is 0. The maximum Gasteiger partial charge on any atom is 0.408 e. The highest BCUT2D eigenvalue weighted by atomic mass is 35.5. The number of amides is 1. The molecule has 0 aliphatic rings. The average molecular weight is 358 g/mol. The molecule has 0 aromatic heterocycles. The van der Waals surface area contributed by atoms with Crippen LogP contribution in [0.5, 0.6) is 0 Å². The van der Waals surface area contributed by atoms with Gasteiger partial charge in [0, 0.05) is 17.5 Å². The molecule has 0 spiro atoms. The molecule has 2 atom stereocenters. The summed E-state index contributed by atoms with van der Waals surface area (Å²) in [6, 6.07) is 6.61. The van der Waals surface area contributed by atoms with Crippen molar-refractivity contribution in [3.8, 4) is 0 Å². The topological polar surface area (TPSA) is 113 Å². The molecule has 0 saturated carbocycles. The van der Waals surface area contributed by atoms with Crippen LogP contribution in [0.2, 0.25) is 5.02 Å². The molecule has 0 radical (unpaired) electrons.